The van der Waals surface area contributed by atoms with E-state index in [4.69, 9.17) is 4.55 Å². The second-order valence-corrected chi connectivity index (χ2v) is 16.9. The van der Waals surface area contributed by atoms with Gasteiger partial charge >= 0.3 is 58.0 Å². The van der Waals surface area contributed by atoms with Crippen LogP contribution in [-0.4, -0.2) is 186 Å². The zero-order valence-electron chi connectivity index (χ0n) is 36.8. The molecule has 3 aromatic heterocycles. The van der Waals surface area contributed by atoms with Crippen molar-refractivity contribution in [3.05, 3.63) is 52.4 Å². The second kappa shape index (κ2) is 18.7. The van der Waals surface area contributed by atoms with Gasteiger partial charge in [-0.15, -0.1) is 4.28 Å². The molecule has 0 radical (unpaired) electrons. The van der Waals surface area contributed by atoms with Crippen molar-refractivity contribution in [2.45, 2.75) is 36.3 Å². The average molecular weight is 977 g/mol. The number of hydrogen-bond acceptors (Lipinski definition) is 18. The number of nitrogens with zero attached hydrogens (tertiary/aromatic N) is 15. The van der Waals surface area contributed by atoms with Gasteiger partial charge in [-0.25, -0.2) is 22.8 Å². The van der Waals surface area contributed by atoms with Gasteiger partial charge in [0, 0.05) is 79.6 Å². The molecule has 354 valence electrons. The van der Waals surface area contributed by atoms with E-state index in [-0.39, 0.29) is 60.6 Å². The maximum Gasteiger partial charge on any atom is 1.00 e. The van der Waals surface area contributed by atoms with Crippen LogP contribution >= 0.6 is 0 Å². The third-order valence-electron chi connectivity index (χ3n) is 11.7. The number of hydrogen-bond donors (Lipinski definition) is 6. The number of fused-ring (bicyclic) bond motifs is 12. The first-order valence-electron chi connectivity index (χ1n) is 19.1. The normalized spacial score (nSPS) is 24.3. The predicted octanol–water partition coefficient (Wildman–Crippen LogP) is -5.22. The smallest absolute Gasteiger partial charge is 0.724 e. The molecule has 0 spiro atoms. The molecule has 3 saturated heterocycles. The SMILES string of the molecule is CN=C(NC)[C@@H]1c2c(cnn2C)[C@@H]2CN1C(=O)N2OS(=O)(=O)O.CN=C(NO)[C@@H]1c2c(cnn2C)[C@@H]2CN1C(=O)N2C.CN=C(NO)[C@@H]1c2c(cnn2C)[C@@H]2CN1C(=O)N2OS(=O)(=O)[O-].[Na+]. The van der Waals surface area contributed by atoms with Gasteiger partial charge in [-0.3, -0.25) is 55.0 Å². The minimum Gasteiger partial charge on any atom is -0.724 e. The molecule has 34 heteroatoms. The van der Waals surface area contributed by atoms with Crippen LogP contribution in [0.5, 0.6) is 0 Å². The Hall–Kier alpha value is -5.49. The third kappa shape index (κ3) is 8.43. The molecule has 6 amide bonds. The molecule has 9 heterocycles. The number of rotatable bonds is 7. The number of carbonyl (C=O) groups is 3. The number of hydroxylamine groups is 6. The molecule has 6 aliphatic heterocycles. The van der Waals surface area contributed by atoms with E-state index in [1.54, 1.807) is 73.8 Å². The largest absolute Gasteiger partial charge is 1.00 e. The minimum atomic E-state index is -5.12. The van der Waals surface area contributed by atoms with E-state index in [2.05, 4.69) is 49.6 Å². The fourth-order valence-electron chi connectivity index (χ4n) is 8.97. The van der Waals surface area contributed by atoms with Crippen LogP contribution in [0.25, 0.3) is 0 Å². The topological polar surface area (TPSA) is 368 Å². The molecule has 66 heavy (non-hydrogen) atoms. The van der Waals surface area contributed by atoms with Crippen LogP contribution in [0.4, 0.5) is 14.4 Å². The first-order valence-corrected chi connectivity index (χ1v) is 21.8. The number of aromatic nitrogens is 6. The molecule has 0 aliphatic carbocycles. The summed E-state index contributed by atoms with van der Waals surface area (Å²) in [6, 6.07) is -4.83. The number of carbonyl (C=O) groups excluding carboxylic acids is 3. The van der Waals surface area contributed by atoms with Crippen molar-refractivity contribution in [2.24, 2.45) is 36.1 Å². The summed E-state index contributed by atoms with van der Waals surface area (Å²) in [6.07, 6.45) is 4.78. The Morgan fingerprint density at radius 2 is 1.00 bits per heavy atom. The fourth-order valence-corrected chi connectivity index (χ4v) is 9.70. The first-order chi connectivity index (χ1) is 30.7. The van der Waals surface area contributed by atoms with Crippen molar-refractivity contribution in [3.8, 4) is 0 Å². The quantitative estimate of drug-likeness (QED) is 0.0322. The Kier molecular flexibility index (Phi) is 14.1. The van der Waals surface area contributed by atoms with Crippen LogP contribution in [0, 0.1) is 0 Å². The molecule has 6 aliphatic rings. The minimum absolute atomic E-state index is 0. The molecule has 0 unspecified atom stereocenters. The number of aryl methyl sites for hydroxylation is 3. The summed E-state index contributed by atoms with van der Waals surface area (Å²) in [5, 5.41) is 35.1. The van der Waals surface area contributed by atoms with Gasteiger partial charge in [-0.05, 0) is 0 Å². The van der Waals surface area contributed by atoms with Gasteiger partial charge in [0.1, 0.15) is 47.7 Å². The van der Waals surface area contributed by atoms with E-state index in [0.29, 0.717) is 50.9 Å². The van der Waals surface area contributed by atoms with Crippen LogP contribution in [-0.2, 0) is 50.5 Å². The fraction of sp³-hybridized carbons (Fsp3) is 0.531. The van der Waals surface area contributed by atoms with Crippen molar-refractivity contribution in [1.82, 2.24) is 75.3 Å². The van der Waals surface area contributed by atoms with Crippen LogP contribution in [0.15, 0.2) is 33.6 Å². The van der Waals surface area contributed by atoms with Crippen molar-refractivity contribution in [2.75, 3.05) is 54.9 Å². The van der Waals surface area contributed by atoms with Crippen molar-refractivity contribution >= 4 is 56.4 Å². The number of amides is 6. The zero-order chi connectivity index (χ0) is 47.6. The summed E-state index contributed by atoms with van der Waals surface area (Å²) in [5.41, 5.74) is 8.27. The summed E-state index contributed by atoms with van der Waals surface area (Å²) in [5.74, 6) is 0.927. The molecular weight excluding hydrogens is 932 g/mol. The third-order valence-corrected chi connectivity index (χ3v) is 12.4. The molecule has 9 rings (SSSR count). The Bertz CT molecular complexity index is 2590. The molecule has 6 bridgehead atoms. The summed E-state index contributed by atoms with van der Waals surface area (Å²) < 4.78 is 77.2. The monoisotopic (exact) mass is 976 g/mol. The number of aliphatic imine (C=N–C) groups is 3. The number of likely N-dealkylation sites (N-methyl/N-ethyl adjacent to an activating group) is 2. The molecule has 3 aromatic rings. The van der Waals surface area contributed by atoms with E-state index in [9.17, 15) is 46.2 Å². The van der Waals surface area contributed by atoms with E-state index >= 15 is 0 Å². The van der Waals surface area contributed by atoms with Crippen LogP contribution in [0.3, 0.4) is 0 Å². The number of urea groups is 3. The Balaban J connectivity index is 0.000000163. The molecule has 6 atom stereocenters. The van der Waals surface area contributed by atoms with Gasteiger partial charge in [0.2, 0.25) is 10.4 Å². The van der Waals surface area contributed by atoms with E-state index < -0.39 is 63.1 Å². The van der Waals surface area contributed by atoms with Gasteiger partial charge < -0.3 is 29.5 Å². The molecule has 31 nitrogen and oxygen atoms in total. The summed E-state index contributed by atoms with van der Waals surface area (Å²) in [4.78, 5) is 55.3. The Labute approximate surface area is 398 Å². The first kappa shape index (κ1) is 49.9. The van der Waals surface area contributed by atoms with Gasteiger partial charge in [-0.2, -0.15) is 38.1 Å². The maximum absolute atomic E-state index is 12.5. The Morgan fingerprint density at radius 1 is 0.652 bits per heavy atom. The van der Waals surface area contributed by atoms with Gasteiger partial charge in [-0.1, -0.05) is 0 Å². The average Bonchev–Trinajstić information content (AvgIpc) is 4.10. The summed E-state index contributed by atoms with van der Waals surface area (Å²) in [7, 11) is 3.27. The predicted molar refractivity (Wildman–Crippen MR) is 216 cm³/mol. The summed E-state index contributed by atoms with van der Waals surface area (Å²) >= 11 is 0. The number of nitrogens with one attached hydrogen (secondary N) is 3. The van der Waals surface area contributed by atoms with Crippen molar-refractivity contribution in [3.63, 3.8) is 0 Å². The molecule has 3 fully saturated rings. The number of amidine groups is 3. The summed E-state index contributed by atoms with van der Waals surface area (Å²) in [6.45, 7) is 0.830. The van der Waals surface area contributed by atoms with E-state index in [1.807, 2.05) is 12.5 Å². The maximum atomic E-state index is 12.5. The van der Waals surface area contributed by atoms with Crippen LogP contribution < -0.4 is 45.8 Å². The van der Waals surface area contributed by atoms with E-state index in [0.717, 1.165) is 11.3 Å². The molecule has 6 N–H and O–H groups in total. The van der Waals surface area contributed by atoms with Crippen molar-refractivity contribution < 1.29 is 88.9 Å². The second-order valence-electron chi connectivity index (χ2n) is 14.9. The van der Waals surface area contributed by atoms with Crippen molar-refractivity contribution in [1.29, 1.82) is 0 Å². The van der Waals surface area contributed by atoms with Gasteiger partial charge in [0.25, 0.3) is 0 Å². The Morgan fingerprint density at radius 3 is 1.35 bits per heavy atom. The van der Waals surface area contributed by atoms with Gasteiger partial charge in [0.05, 0.1) is 54.8 Å². The standard InChI is InChI=1S/C11H16N6O5S.C11H16N6O2.C10H14N6O6S.Na/c1-12-10(13-2)9-8-6(4-14-15(8)3)7-5-16(9)11(18)17(7)22-23(19,20)21;1-12-10(14-19)9-8-6(4-13-16(8)3)7-5-17(9)11(18)15(7)2;1-11-9(13-18)8-7-5(3-12-14(7)2)6-4-15(8)10(17)16(6)22-23(19,20)21;/h4,7,9H,5H2,1-3H3,(H,12,13)(H,19,20,21);4,7,9,19H,5H2,1-3H3,(H,12,14);3,6,8,18H,4H2,1-2H3,(H,11,13)(H,19,20,21);/q;;;+1/p-1/t2*7-,9-;6-,8-;/m000./s1. The van der Waals surface area contributed by atoms with Crippen LogP contribution in [0.1, 0.15) is 70.0 Å². The van der Waals surface area contributed by atoms with E-state index in [1.165, 1.54) is 27.7 Å². The van der Waals surface area contributed by atoms with Crippen LogP contribution in [0.2, 0.25) is 0 Å². The van der Waals surface area contributed by atoms with Gasteiger partial charge in [0.15, 0.2) is 0 Å². The zero-order valence-corrected chi connectivity index (χ0v) is 40.4. The molecular formula is C32H45N18NaO13S2. The molecule has 0 aromatic carbocycles. The molecule has 0 saturated carbocycles.